The maximum absolute atomic E-state index is 11.8. The highest BCUT2D eigenvalue weighted by atomic mass is 32.1. The first-order valence-corrected chi connectivity index (χ1v) is 7.03. The van der Waals surface area contributed by atoms with Gasteiger partial charge in [0.1, 0.15) is 5.01 Å². The normalized spacial score (nSPS) is 21.0. The predicted molar refractivity (Wildman–Crippen MR) is 67.0 cm³/mol. The fourth-order valence-electron chi connectivity index (χ4n) is 1.92. The van der Waals surface area contributed by atoms with Gasteiger partial charge >= 0.3 is 6.03 Å². The first kappa shape index (κ1) is 11.0. The van der Waals surface area contributed by atoms with Gasteiger partial charge in [-0.25, -0.2) is 9.78 Å². The summed E-state index contributed by atoms with van der Waals surface area (Å²) in [5.74, 6) is 0.588. The zero-order chi connectivity index (χ0) is 11.8. The van der Waals surface area contributed by atoms with Crippen molar-refractivity contribution in [2.45, 2.75) is 44.7 Å². The second-order valence-corrected chi connectivity index (χ2v) is 6.28. The monoisotopic (exact) mass is 251 g/mol. The van der Waals surface area contributed by atoms with E-state index < -0.39 is 0 Å². The largest absolute Gasteiger partial charge is 0.335 e. The zero-order valence-electron chi connectivity index (χ0n) is 9.90. The molecule has 2 aliphatic rings. The van der Waals surface area contributed by atoms with Crippen molar-refractivity contribution in [1.29, 1.82) is 0 Å². The Morgan fingerprint density at radius 1 is 1.47 bits per heavy atom. The fourth-order valence-corrected chi connectivity index (χ4v) is 2.84. The topological polar surface area (TPSA) is 54.0 Å². The molecule has 2 aliphatic carbocycles. The van der Waals surface area contributed by atoms with E-state index in [1.165, 1.54) is 17.7 Å². The van der Waals surface area contributed by atoms with Gasteiger partial charge in [0.25, 0.3) is 0 Å². The van der Waals surface area contributed by atoms with Crippen LogP contribution >= 0.6 is 11.3 Å². The summed E-state index contributed by atoms with van der Waals surface area (Å²) in [7, 11) is 0. The van der Waals surface area contributed by atoms with Crippen LogP contribution in [0.2, 0.25) is 0 Å². The van der Waals surface area contributed by atoms with E-state index >= 15 is 0 Å². The summed E-state index contributed by atoms with van der Waals surface area (Å²) in [6.45, 7) is 2.05. The Morgan fingerprint density at radius 3 is 2.76 bits per heavy atom. The number of nitrogens with zero attached hydrogens (tertiary/aromatic N) is 1. The van der Waals surface area contributed by atoms with Crippen molar-refractivity contribution in [2.75, 3.05) is 0 Å². The summed E-state index contributed by atoms with van der Waals surface area (Å²) in [5, 5.41) is 7.10. The fraction of sp³-hybridized carbons (Fsp3) is 0.667. The molecule has 0 saturated heterocycles. The lowest BCUT2D eigenvalue weighted by Gasteiger charge is -2.16. The molecule has 0 aliphatic heterocycles. The third kappa shape index (κ3) is 2.77. The van der Waals surface area contributed by atoms with Crippen molar-refractivity contribution in [3.8, 4) is 0 Å². The van der Waals surface area contributed by atoms with Crippen molar-refractivity contribution in [1.82, 2.24) is 15.6 Å². The van der Waals surface area contributed by atoms with Gasteiger partial charge in [-0.3, -0.25) is 0 Å². The number of aryl methyl sites for hydroxylation is 1. The van der Waals surface area contributed by atoms with E-state index in [1.807, 2.05) is 6.20 Å². The Bertz CT molecular complexity index is 423. The quantitative estimate of drug-likeness (QED) is 0.863. The number of carbonyl (C=O) groups is 1. The molecular formula is C12H17N3OS. The summed E-state index contributed by atoms with van der Waals surface area (Å²) in [6.07, 6.45) is 6.53. The molecule has 4 nitrogen and oxygen atoms in total. The molecule has 92 valence electrons. The van der Waals surface area contributed by atoms with Crippen LogP contribution in [0, 0.1) is 12.8 Å². The molecule has 1 aromatic rings. The maximum Gasteiger partial charge on any atom is 0.315 e. The van der Waals surface area contributed by atoms with Crippen LogP contribution in [-0.2, 0) is 0 Å². The van der Waals surface area contributed by atoms with Gasteiger partial charge in [-0.05, 0) is 38.5 Å². The van der Waals surface area contributed by atoms with E-state index in [-0.39, 0.29) is 12.1 Å². The second-order valence-electron chi connectivity index (χ2n) is 5.02. The molecule has 2 amide bonds. The van der Waals surface area contributed by atoms with Crippen molar-refractivity contribution in [3.05, 3.63) is 16.1 Å². The van der Waals surface area contributed by atoms with Crippen LogP contribution in [0.3, 0.4) is 0 Å². The van der Waals surface area contributed by atoms with Gasteiger partial charge in [-0.1, -0.05) is 0 Å². The molecule has 1 atom stereocenters. The van der Waals surface area contributed by atoms with Crippen molar-refractivity contribution >= 4 is 17.4 Å². The van der Waals surface area contributed by atoms with Crippen LogP contribution in [0.25, 0.3) is 0 Å². The number of hydrogen-bond donors (Lipinski definition) is 2. The highest BCUT2D eigenvalue weighted by Gasteiger charge is 2.36. The number of hydrogen-bond acceptors (Lipinski definition) is 3. The van der Waals surface area contributed by atoms with Crippen LogP contribution in [0.1, 0.15) is 41.6 Å². The lowest BCUT2D eigenvalue weighted by atomic mass is 10.2. The molecule has 3 rings (SSSR count). The molecule has 5 heteroatoms. The third-order valence-corrected chi connectivity index (χ3v) is 4.19. The van der Waals surface area contributed by atoms with Gasteiger partial charge in [-0.2, -0.15) is 0 Å². The van der Waals surface area contributed by atoms with E-state index in [1.54, 1.807) is 11.3 Å². The Balaban J connectivity index is 1.65. The molecule has 0 aromatic carbocycles. The molecule has 2 saturated carbocycles. The minimum Gasteiger partial charge on any atom is -0.335 e. The predicted octanol–water partition coefficient (Wildman–Crippen LogP) is 2.36. The van der Waals surface area contributed by atoms with Gasteiger partial charge in [-0.15, -0.1) is 11.3 Å². The molecule has 0 radical (unpaired) electrons. The van der Waals surface area contributed by atoms with Crippen molar-refractivity contribution in [3.63, 3.8) is 0 Å². The first-order valence-electron chi connectivity index (χ1n) is 6.22. The van der Waals surface area contributed by atoms with Gasteiger partial charge in [0, 0.05) is 17.1 Å². The maximum atomic E-state index is 11.8. The van der Waals surface area contributed by atoms with Gasteiger partial charge in [0.15, 0.2) is 0 Å². The molecule has 1 aromatic heterocycles. The van der Waals surface area contributed by atoms with Crippen LogP contribution in [0.15, 0.2) is 6.20 Å². The molecule has 0 spiro atoms. The minimum absolute atomic E-state index is 0.0303. The molecule has 17 heavy (non-hydrogen) atoms. The van der Waals surface area contributed by atoms with Crippen molar-refractivity contribution in [2.24, 2.45) is 5.92 Å². The molecule has 2 fully saturated rings. The van der Waals surface area contributed by atoms with E-state index in [9.17, 15) is 4.79 Å². The van der Waals surface area contributed by atoms with E-state index in [2.05, 4.69) is 22.5 Å². The number of rotatable bonds is 4. The van der Waals surface area contributed by atoms with Gasteiger partial charge in [0.2, 0.25) is 0 Å². The average Bonchev–Trinajstić information content (AvgIpc) is 3.17. The first-order chi connectivity index (χ1) is 8.22. The van der Waals surface area contributed by atoms with Gasteiger partial charge in [0.05, 0.1) is 6.04 Å². The Morgan fingerprint density at radius 2 is 2.24 bits per heavy atom. The Labute approximate surface area is 105 Å². The number of aromatic nitrogens is 1. The van der Waals surface area contributed by atoms with E-state index in [4.69, 9.17) is 0 Å². The van der Waals surface area contributed by atoms with Crippen LogP contribution < -0.4 is 10.6 Å². The lowest BCUT2D eigenvalue weighted by Crippen LogP contribution is -2.39. The summed E-state index contributed by atoms with van der Waals surface area (Å²) >= 11 is 1.69. The van der Waals surface area contributed by atoms with Gasteiger partial charge < -0.3 is 10.6 Å². The smallest absolute Gasteiger partial charge is 0.315 e. The zero-order valence-corrected chi connectivity index (χ0v) is 10.7. The number of urea groups is 1. The molecule has 0 bridgehead atoms. The molecule has 1 heterocycles. The highest BCUT2D eigenvalue weighted by Crippen LogP contribution is 2.42. The number of amides is 2. The third-order valence-electron chi connectivity index (χ3n) is 3.20. The standard InChI is InChI=1S/C12H17N3OS/c1-7-6-13-11(17-7)10(8-2-3-8)15-12(16)14-9-4-5-9/h6,8-10H,2-5H2,1H3,(H2,14,15,16)/t10-/m1/s1. The van der Waals surface area contributed by atoms with Crippen LogP contribution in [0.4, 0.5) is 4.79 Å². The molecule has 0 unspecified atom stereocenters. The number of thiazole rings is 1. The minimum atomic E-state index is -0.0303. The number of nitrogens with one attached hydrogen (secondary N) is 2. The summed E-state index contributed by atoms with van der Waals surface area (Å²) in [6, 6.07) is 0.498. The Hall–Kier alpha value is -1.10. The number of carbonyl (C=O) groups excluding carboxylic acids is 1. The highest BCUT2D eigenvalue weighted by molar-refractivity contribution is 7.11. The summed E-state index contributed by atoms with van der Waals surface area (Å²) in [5.41, 5.74) is 0. The summed E-state index contributed by atoms with van der Waals surface area (Å²) in [4.78, 5) is 17.4. The second kappa shape index (κ2) is 4.29. The van der Waals surface area contributed by atoms with Crippen LogP contribution in [0.5, 0.6) is 0 Å². The molecular weight excluding hydrogens is 234 g/mol. The summed E-state index contributed by atoms with van der Waals surface area (Å²) < 4.78 is 0. The van der Waals surface area contributed by atoms with Crippen molar-refractivity contribution < 1.29 is 4.79 Å². The van der Waals surface area contributed by atoms with Crippen LogP contribution in [-0.4, -0.2) is 17.1 Å². The van der Waals surface area contributed by atoms with E-state index in [0.29, 0.717) is 12.0 Å². The Kier molecular flexibility index (Phi) is 2.78. The molecule has 2 N–H and O–H groups in total. The average molecular weight is 251 g/mol. The van der Waals surface area contributed by atoms with E-state index in [0.717, 1.165) is 17.8 Å². The SMILES string of the molecule is Cc1cnc([C@H](NC(=O)NC2CC2)C2CC2)s1. The lowest BCUT2D eigenvalue weighted by molar-refractivity contribution is 0.235.